The summed E-state index contributed by atoms with van der Waals surface area (Å²) >= 11 is 5.89. The Morgan fingerprint density at radius 2 is 2.25 bits per heavy atom. The van der Waals surface area contributed by atoms with Gasteiger partial charge in [-0.05, 0) is 25.0 Å². The fourth-order valence-corrected chi connectivity index (χ4v) is 1.72. The van der Waals surface area contributed by atoms with Crippen LogP contribution in [0.5, 0.6) is 5.75 Å². The molecule has 0 bridgehead atoms. The van der Waals surface area contributed by atoms with Gasteiger partial charge < -0.3 is 10.5 Å². The average molecular weight is 240 g/mol. The van der Waals surface area contributed by atoms with Crippen molar-refractivity contribution in [3.05, 3.63) is 40.9 Å². The number of hydrogen-bond acceptors (Lipinski definition) is 2. The summed E-state index contributed by atoms with van der Waals surface area (Å²) in [5.41, 5.74) is 8.23. The van der Waals surface area contributed by atoms with E-state index in [1.807, 2.05) is 12.1 Å². The molecular formula is C13H18ClNO. The van der Waals surface area contributed by atoms with Crippen molar-refractivity contribution >= 4 is 11.6 Å². The molecule has 0 aliphatic carbocycles. The Hall–Kier alpha value is -0.990. The predicted octanol–water partition coefficient (Wildman–Crippen LogP) is 3.70. The zero-order chi connectivity index (χ0) is 12.1. The summed E-state index contributed by atoms with van der Waals surface area (Å²) in [5.74, 6) is 0.740. The summed E-state index contributed by atoms with van der Waals surface area (Å²) < 4.78 is 5.27. The Bertz CT molecular complexity index is 376. The van der Waals surface area contributed by atoms with Gasteiger partial charge in [0, 0.05) is 16.6 Å². The maximum Gasteiger partial charge on any atom is 0.125 e. The molecule has 88 valence electrons. The van der Waals surface area contributed by atoms with Gasteiger partial charge in [-0.1, -0.05) is 36.7 Å². The van der Waals surface area contributed by atoms with Crippen LogP contribution in [0.1, 0.15) is 31.4 Å². The van der Waals surface area contributed by atoms with Crippen LogP contribution in [0.4, 0.5) is 0 Å². The molecule has 0 heterocycles. The first kappa shape index (κ1) is 13.1. The number of benzene rings is 1. The number of hydrogen-bond donors (Lipinski definition) is 1. The Labute approximate surface area is 102 Å². The van der Waals surface area contributed by atoms with E-state index in [2.05, 4.69) is 13.5 Å². The molecule has 1 rings (SSSR count). The van der Waals surface area contributed by atoms with Gasteiger partial charge in [0.15, 0.2) is 0 Å². The second kappa shape index (κ2) is 5.92. The molecule has 0 aliphatic rings. The molecule has 0 aromatic heterocycles. The highest BCUT2D eigenvalue weighted by Crippen LogP contribution is 2.30. The zero-order valence-electron chi connectivity index (χ0n) is 9.79. The Kier molecular flexibility index (Phi) is 4.84. The minimum absolute atomic E-state index is 0.0836. The molecule has 0 aliphatic heterocycles. The van der Waals surface area contributed by atoms with E-state index in [1.165, 1.54) is 0 Å². The van der Waals surface area contributed by atoms with Crippen LogP contribution in [0.2, 0.25) is 5.02 Å². The van der Waals surface area contributed by atoms with Crippen LogP contribution >= 0.6 is 11.6 Å². The topological polar surface area (TPSA) is 35.2 Å². The summed E-state index contributed by atoms with van der Waals surface area (Å²) in [4.78, 5) is 0. The molecule has 2 nitrogen and oxygen atoms in total. The number of rotatable bonds is 5. The van der Waals surface area contributed by atoms with Crippen molar-refractivity contribution in [1.82, 2.24) is 0 Å². The molecule has 0 saturated carbocycles. The van der Waals surface area contributed by atoms with Gasteiger partial charge in [-0.15, -0.1) is 0 Å². The molecule has 0 fully saturated rings. The van der Waals surface area contributed by atoms with Crippen LogP contribution in [0.25, 0.3) is 0 Å². The summed E-state index contributed by atoms with van der Waals surface area (Å²) in [6.45, 7) is 6.04. The zero-order valence-corrected chi connectivity index (χ0v) is 10.6. The second-order valence-electron chi connectivity index (χ2n) is 3.80. The first-order chi connectivity index (χ1) is 7.58. The van der Waals surface area contributed by atoms with Crippen molar-refractivity contribution in [3.8, 4) is 5.75 Å². The van der Waals surface area contributed by atoms with E-state index in [9.17, 15) is 0 Å². The molecule has 1 aromatic carbocycles. The van der Waals surface area contributed by atoms with Crippen LogP contribution in [0.15, 0.2) is 30.4 Å². The highest BCUT2D eigenvalue weighted by Gasteiger charge is 2.12. The molecule has 0 spiro atoms. The van der Waals surface area contributed by atoms with E-state index in [0.717, 1.165) is 29.7 Å². The number of methoxy groups -OCH3 is 1. The lowest BCUT2D eigenvalue weighted by molar-refractivity contribution is 0.405. The Morgan fingerprint density at radius 1 is 1.56 bits per heavy atom. The highest BCUT2D eigenvalue weighted by atomic mass is 35.5. The van der Waals surface area contributed by atoms with Crippen LogP contribution < -0.4 is 10.5 Å². The smallest absolute Gasteiger partial charge is 0.125 e. The summed E-state index contributed by atoms with van der Waals surface area (Å²) in [7, 11) is 1.62. The van der Waals surface area contributed by atoms with Crippen molar-refractivity contribution in [1.29, 1.82) is 0 Å². The summed E-state index contributed by atoms with van der Waals surface area (Å²) in [6, 6.07) is 5.44. The normalized spacial score (nSPS) is 12.2. The Balaban J connectivity index is 2.90. The molecule has 2 N–H and O–H groups in total. The minimum Gasteiger partial charge on any atom is -0.496 e. The number of halogens is 1. The lowest BCUT2D eigenvalue weighted by Crippen LogP contribution is -2.12. The third-order valence-corrected chi connectivity index (χ3v) is 2.84. The quantitative estimate of drug-likeness (QED) is 0.796. The van der Waals surface area contributed by atoms with Crippen LogP contribution in [0.3, 0.4) is 0 Å². The fraction of sp³-hybridized carbons (Fsp3) is 0.385. The van der Waals surface area contributed by atoms with Crippen molar-refractivity contribution in [3.63, 3.8) is 0 Å². The first-order valence-electron chi connectivity index (χ1n) is 5.34. The van der Waals surface area contributed by atoms with Gasteiger partial charge in [-0.3, -0.25) is 0 Å². The maximum absolute atomic E-state index is 6.11. The van der Waals surface area contributed by atoms with Gasteiger partial charge in [0.1, 0.15) is 5.75 Å². The third kappa shape index (κ3) is 3.26. The van der Waals surface area contributed by atoms with E-state index in [1.54, 1.807) is 13.2 Å². The van der Waals surface area contributed by atoms with Gasteiger partial charge in [0.05, 0.1) is 7.11 Å². The van der Waals surface area contributed by atoms with Crippen molar-refractivity contribution < 1.29 is 4.74 Å². The van der Waals surface area contributed by atoms with E-state index < -0.39 is 0 Å². The molecule has 1 atom stereocenters. The van der Waals surface area contributed by atoms with E-state index in [0.29, 0.717) is 5.02 Å². The minimum atomic E-state index is -0.0836. The van der Waals surface area contributed by atoms with Gasteiger partial charge in [-0.2, -0.15) is 0 Å². The molecular weight excluding hydrogens is 222 g/mol. The van der Waals surface area contributed by atoms with Crippen LogP contribution in [-0.2, 0) is 0 Å². The summed E-state index contributed by atoms with van der Waals surface area (Å²) in [6.07, 6.45) is 1.72. The lowest BCUT2D eigenvalue weighted by Gasteiger charge is -2.16. The second-order valence-corrected chi connectivity index (χ2v) is 4.24. The lowest BCUT2D eigenvalue weighted by atomic mass is 9.98. The largest absolute Gasteiger partial charge is 0.496 e. The Morgan fingerprint density at radius 3 is 2.81 bits per heavy atom. The summed E-state index contributed by atoms with van der Waals surface area (Å²) in [5, 5.41) is 0.655. The SMILES string of the molecule is C=C(CC)CC(N)c1ccc(Cl)cc1OC. The monoisotopic (exact) mass is 239 g/mol. The fourth-order valence-electron chi connectivity index (χ4n) is 1.56. The molecule has 1 aromatic rings. The number of ether oxygens (including phenoxy) is 1. The van der Waals surface area contributed by atoms with Crippen molar-refractivity contribution in [2.24, 2.45) is 5.73 Å². The number of nitrogens with two attached hydrogens (primary N) is 1. The van der Waals surface area contributed by atoms with E-state index in [-0.39, 0.29) is 6.04 Å². The van der Waals surface area contributed by atoms with Gasteiger partial charge >= 0.3 is 0 Å². The maximum atomic E-state index is 6.11. The predicted molar refractivity (Wildman–Crippen MR) is 69.0 cm³/mol. The standard InChI is InChI=1S/C13H18ClNO/c1-4-9(2)7-12(15)11-6-5-10(14)8-13(11)16-3/h5-6,8,12H,2,4,7,15H2,1,3H3. The third-order valence-electron chi connectivity index (χ3n) is 2.60. The average Bonchev–Trinajstić information content (AvgIpc) is 2.28. The van der Waals surface area contributed by atoms with Crippen molar-refractivity contribution in [2.75, 3.05) is 7.11 Å². The molecule has 1 unspecified atom stereocenters. The molecule has 16 heavy (non-hydrogen) atoms. The van der Waals surface area contributed by atoms with E-state index >= 15 is 0 Å². The van der Waals surface area contributed by atoms with Gasteiger partial charge in [0.2, 0.25) is 0 Å². The van der Waals surface area contributed by atoms with Gasteiger partial charge in [0.25, 0.3) is 0 Å². The van der Waals surface area contributed by atoms with E-state index in [4.69, 9.17) is 22.1 Å². The highest BCUT2D eigenvalue weighted by molar-refractivity contribution is 6.30. The van der Waals surface area contributed by atoms with Crippen LogP contribution in [0, 0.1) is 0 Å². The molecule has 0 radical (unpaired) electrons. The van der Waals surface area contributed by atoms with Crippen molar-refractivity contribution in [2.45, 2.75) is 25.8 Å². The van der Waals surface area contributed by atoms with Gasteiger partial charge in [-0.25, -0.2) is 0 Å². The molecule has 0 amide bonds. The molecule has 0 saturated heterocycles. The first-order valence-corrected chi connectivity index (χ1v) is 5.72. The molecule has 3 heteroatoms. The van der Waals surface area contributed by atoms with Crippen LogP contribution in [-0.4, -0.2) is 7.11 Å².